The first-order chi connectivity index (χ1) is 10.0. The summed E-state index contributed by atoms with van der Waals surface area (Å²) in [5.74, 6) is 0. The van der Waals surface area contributed by atoms with E-state index < -0.39 is 10.0 Å². The van der Waals surface area contributed by atoms with Gasteiger partial charge < -0.3 is 11.1 Å². The van der Waals surface area contributed by atoms with Crippen molar-refractivity contribution in [2.75, 3.05) is 24.6 Å². The molecule has 1 aromatic carbocycles. The first kappa shape index (κ1) is 15.9. The second-order valence-electron chi connectivity index (χ2n) is 5.24. The first-order valence-electron chi connectivity index (χ1n) is 7.28. The molecular formula is C15H23N3O2S. The number of sulfonamides is 1. The number of nitrogens with one attached hydrogen (secondary N) is 2. The Morgan fingerprint density at radius 1 is 1.29 bits per heavy atom. The van der Waals surface area contributed by atoms with Gasteiger partial charge in [0, 0.05) is 6.54 Å². The van der Waals surface area contributed by atoms with E-state index in [9.17, 15) is 8.42 Å². The summed E-state index contributed by atoms with van der Waals surface area (Å²) < 4.78 is 25.7. The summed E-state index contributed by atoms with van der Waals surface area (Å²) in [6, 6.07) is 4.76. The summed E-state index contributed by atoms with van der Waals surface area (Å²) in [6.45, 7) is 0.814. The lowest BCUT2D eigenvalue weighted by atomic mass is 9.97. The predicted octanol–water partition coefficient (Wildman–Crippen LogP) is 2.48. The number of nitrogen functional groups attached to an aromatic ring is 1. The molecule has 0 spiro atoms. The van der Waals surface area contributed by atoms with Gasteiger partial charge in [0.1, 0.15) is 0 Å². The Kier molecular flexibility index (Phi) is 5.25. The molecule has 0 bridgehead atoms. The van der Waals surface area contributed by atoms with Gasteiger partial charge in [-0.05, 0) is 57.4 Å². The lowest BCUT2D eigenvalue weighted by Crippen LogP contribution is -2.18. The van der Waals surface area contributed by atoms with Crippen LogP contribution in [0.2, 0.25) is 0 Å². The van der Waals surface area contributed by atoms with E-state index in [1.54, 1.807) is 12.1 Å². The molecule has 116 valence electrons. The molecule has 0 saturated heterocycles. The van der Waals surface area contributed by atoms with Crippen molar-refractivity contribution in [2.45, 2.75) is 37.0 Å². The summed E-state index contributed by atoms with van der Waals surface area (Å²) in [6.07, 6.45) is 8.30. The minimum atomic E-state index is -3.44. The number of hydrogen-bond acceptors (Lipinski definition) is 4. The first-order valence-corrected chi connectivity index (χ1v) is 8.76. The topological polar surface area (TPSA) is 84.2 Å². The molecular weight excluding hydrogens is 286 g/mol. The van der Waals surface area contributed by atoms with Crippen molar-refractivity contribution in [3.8, 4) is 0 Å². The van der Waals surface area contributed by atoms with Gasteiger partial charge in [0.15, 0.2) is 0 Å². The fourth-order valence-electron chi connectivity index (χ4n) is 2.48. The highest BCUT2D eigenvalue weighted by Crippen LogP contribution is 2.24. The van der Waals surface area contributed by atoms with Crippen molar-refractivity contribution < 1.29 is 8.42 Å². The third kappa shape index (κ3) is 4.22. The van der Waals surface area contributed by atoms with E-state index in [1.807, 2.05) is 0 Å². The van der Waals surface area contributed by atoms with Gasteiger partial charge in [-0.2, -0.15) is 0 Å². The summed E-state index contributed by atoms with van der Waals surface area (Å²) in [4.78, 5) is 0.183. The van der Waals surface area contributed by atoms with Crippen LogP contribution in [0.4, 0.5) is 11.4 Å². The number of benzene rings is 1. The van der Waals surface area contributed by atoms with Gasteiger partial charge >= 0.3 is 0 Å². The molecule has 0 aromatic heterocycles. The Hall–Kier alpha value is -1.53. The Morgan fingerprint density at radius 2 is 2.10 bits per heavy atom. The van der Waals surface area contributed by atoms with E-state index in [1.165, 1.54) is 44.4 Å². The minimum absolute atomic E-state index is 0.183. The average molecular weight is 309 g/mol. The molecule has 0 amide bonds. The smallest absolute Gasteiger partial charge is 0.240 e. The second kappa shape index (κ2) is 6.95. The maximum absolute atomic E-state index is 11.7. The normalized spacial score (nSPS) is 15.6. The molecule has 1 aliphatic rings. The van der Waals surface area contributed by atoms with Crippen LogP contribution in [0.15, 0.2) is 34.7 Å². The monoisotopic (exact) mass is 309 g/mol. The van der Waals surface area contributed by atoms with E-state index >= 15 is 0 Å². The summed E-state index contributed by atoms with van der Waals surface area (Å²) in [7, 11) is -2.06. The highest BCUT2D eigenvalue weighted by Gasteiger charge is 2.12. The van der Waals surface area contributed by atoms with E-state index in [-0.39, 0.29) is 4.90 Å². The van der Waals surface area contributed by atoms with Crippen LogP contribution < -0.4 is 15.8 Å². The molecule has 0 fully saturated rings. The molecule has 4 N–H and O–H groups in total. The molecule has 21 heavy (non-hydrogen) atoms. The molecule has 1 aromatic rings. The van der Waals surface area contributed by atoms with Crippen LogP contribution in [0.5, 0.6) is 0 Å². The Bertz CT molecular complexity index is 624. The van der Waals surface area contributed by atoms with Crippen LogP contribution >= 0.6 is 0 Å². The number of nitrogens with two attached hydrogens (primary N) is 1. The third-order valence-electron chi connectivity index (χ3n) is 3.75. The zero-order chi connectivity index (χ0) is 15.3. The molecule has 0 atom stereocenters. The average Bonchev–Trinajstić information content (AvgIpc) is 2.50. The van der Waals surface area contributed by atoms with Crippen LogP contribution in [-0.4, -0.2) is 22.0 Å². The fraction of sp³-hybridized carbons (Fsp3) is 0.467. The van der Waals surface area contributed by atoms with Crippen molar-refractivity contribution in [3.05, 3.63) is 29.8 Å². The zero-order valence-electron chi connectivity index (χ0n) is 12.4. The van der Waals surface area contributed by atoms with E-state index in [0.717, 1.165) is 18.7 Å². The van der Waals surface area contributed by atoms with Crippen LogP contribution in [0.25, 0.3) is 0 Å². The molecule has 2 rings (SSSR count). The quantitative estimate of drug-likeness (QED) is 0.557. The van der Waals surface area contributed by atoms with Gasteiger partial charge in [-0.3, -0.25) is 0 Å². The molecule has 0 heterocycles. The Morgan fingerprint density at radius 3 is 2.71 bits per heavy atom. The molecule has 0 aliphatic heterocycles. The van der Waals surface area contributed by atoms with Crippen LogP contribution in [0, 0.1) is 0 Å². The zero-order valence-corrected chi connectivity index (χ0v) is 13.2. The van der Waals surface area contributed by atoms with Crippen molar-refractivity contribution in [1.29, 1.82) is 0 Å². The Labute approximate surface area is 126 Å². The SMILES string of the molecule is CNS(=O)(=O)c1ccc(NCCC2=CCCCC2)c(N)c1. The van der Waals surface area contributed by atoms with Crippen LogP contribution in [0.3, 0.4) is 0 Å². The van der Waals surface area contributed by atoms with E-state index in [0.29, 0.717) is 5.69 Å². The highest BCUT2D eigenvalue weighted by molar-refractivity contribution is 7.89. The molecule has 0 unspecified atom stereocenters. The number of anilines is 2. The standard InChI is InChI=1S/C15H23N3O2S/c1-17-21(19,20)13-7-8-15(14(16)11-13)18-10-9-12-5-3-2-4-6-12/h5,7-8,11,17-18H,2-4,6,9-10,16H2,1H3. The molecule has 5 nitrogen and oxygen atoms in total. The van der Waals surface area contributed by atoms with Gasteiger partial charge in [-0.15, -0.1) is 0 Å². The number of rotatable bonds is 6. The van der Waals surface area contributed by atoms with E-state index in [4.69, 9.17) is 5.73 Å². The van der Waals surface area contributed by atoms with Crippen molar-refractivity contribution in [3.63, 3.8) is 0 Å². The van der Waals surface area contributed by atoms with Gasteiger partial charge in [-0.1, -0.05) is 11.6 Å². The maximum Gasteiger partial charge on any atom is 0.240 e. The van der Waals surface area contributed by atoms with Crippen LogP contribution in [-0.2, 0) is 10.0 Å². The molecule has 1 aliphatic carbocycles. The summed E-state index contributed by atoms with van der Waals surface area (Å²) >= 11 is 0. The van der Waals surface area contributed by atoms with Crippen molar-refractivity contribution in [2.24, 2.45) is 0 Å². The van der Waals surface area contributed by atoms with Gasteiger partial charge in [0.05, 0.1) is 16.3 Å². The number of allylic oxidation sites excluding steroid dienone is 1. The van der Waals surface area contributed by atoms with E-state index in [2.05, 4.69) is 16.1 Å². The number of hydrogen-bond donors (Lipinski definition) is 3. The molecule has 6 heteroatoms. The summed E-state index contributed by atoms with van der Waals surface area (Å²) in [5, 5.41) is 3.28. The van der Waals surface area contributed by atoms with Crippen molar-refractivity contribution in [1.82, 2.24) is 4.72 Å². The lowest BCUT2D eigenvalue weighted by Gasteiger charge is -2.14. The van der Waals surface area contributed by atoms with Gasteiger partial charge in [0.2, 0.25) is 10.0 Å². The third-order valence-corrected chi connectivity index (χ3v) is 5.16. The van der Waals surface area contributed by atoms with Gasteiger partial charge in [0.25, 0.3) is 0 Å². The van der Waals surface area contributed by atoms with Crippen LogP contribution in [0.1, 0.15) is 32.1 Å². The highest BCUT2D eigenvalue weighted by atomic mass is 32.2. The molecule has 0 radical (unpaired) electrons. The lowest BCUT2D eigenvalue weighted by molar-refractivity contribution is 0.588. The fourth-order valence-corrected chi connectivity index (χ4v) is 3.24. The predicted molar refractivity (Wildman–Crippen MR) is 86.8 cm³/mol. The Balaban J connectivity index is 1.96. The second-order valence-corrected chi connectivity index (χ2v) is 7.13. The molecule has 0 saturated carbocycles. The summed E-state index contributed by atoms with van der Waals surface area (Å²) in [5.41, 5.74) is 8.65. The minimum Gasteiger partial charge on any atom is -0.397 e. The maximum atomic E-state index is 11.7. The largest absolute Gasteiger partial charge is 0.397 e. The van der Waals surface area contributed by atoms with Crippen molar-refractivity contribution >= 4 is 21.4 Å². The van der Waals surface area contributed by atoms with Gasteiger partial charge in [-0.25, -0.2) is 13.1 Å².